The van der Waals surface area contributed by atoms with Crippen LogP contribution in [0.25, 0.3) is 10.9 Å². The number of aryl methyl sites for hydroxylation is 1. The summed E-state index contributed by atoms with van der Waals surface area (Å²) in [4.78, 5) is 17.3. The highest BCUT2D eigenvalue weighted by molar-refractivity contribution is 7.89. The number of ether oxygens (including phenoxy) is 1. The summed E-state index contributed by atoms with van der Waals surface area (Å²) >= 11 is 0. The summed E-state index contributed by atoms with van der Waals surface area (Å²) in [6.07, 6.45) is 1.63. The van der Waals surface area contributed by atoms with Crippen LogP contribution in [0.15, 0.2) is 59.6 Å². The van der Waals surface area contributed by atoms with Crippen molar-refractivity contribution in [1.29, 1.82) is 0 Å². The Morgan fingerprint density at radius 3 is 2.69 bits per heavy atom. The second-order valence-corrected chi connectivity index (χ2v) is 8.82. The molecule has 8 heteroatoms. The molecular weight excluding hydrogens is 390 g/mol. The molecule has 29 heavy (non-hydrogen) atoms. The smallest absolute Gasteiger partial charge is 0.255 e. The molecule has 7 nitrogen and oxygen atoms in total. The molecule has 0 radical (unpaired) electrons. The first-order valence-electron chi connectivity index (χ1n) is 9.30. The lowest BCUT2D eigenvalue weighted by atomic mass is 10.1. The van der Waals surface area contributed by atoms with Gasteiger partial charge in [-0.2, -0.15) is 4.31 Å². The van der Waals surface area contributed by atoms with E-state index in [9.17, 15) is 13.2 Å². The van der Waals surface area contributed by atoms with Crippen LogP contribution in [0.1, 0.15) is 15.9 Å². The van der Waals surface area contributed by atoms with Crippen molar-refractivity contribution < 1.29 is 17.9 Å². The molecule has 0 unspecified atom stereocenters. The number of nitrogens with one attached hydrogen (secondary N) is 1. The zero-order valence-corrected chi connectivity index (χ0v) is 16.8. The van der Waals surface area contributed by atoms with Gasteiger partial charge in [-0.15, -0.1) is 0 Å². The topological polar surface area (TPSA) is 88.6 Å². The maximum atomic E-state index is 12.9. The van der Waals surface area contributed by atoms with Gasteiger partial charge in [0.1, 0.15) is 0 Å². The van der Waals surface area contributed by atoms with Crippen LogP contribution >= 0.6 is 0 Å². The summed E-state index contributed by atoms with van der Waals surface area (Å²) in [5.41, 5.74) is 2.73. The molecule has 0 saturated carbocycles. The van der Waals surface area contributed by atoms with Crippen molar-refractivity contribution in [3.8, 4) is 0 Å². The van der Waals surface area contributed by atoms with Gasteiger partial charge in [0.25, 0.3) is 5.91 Å². The van der Waals surface area contributed by atoms with Crippen molar-refractivity contribution in [1.82, 2.24) is 9.29 Å². The summed E-state index contributed by atoms with van der Waals surface area (Å²) in [5.74, 6) is -0.377. The third kappa shape index (κ3) is 4.00. The number of sulfonamides is 1. The summed E-state index contributed by atoms with van der Waals surface area (Å²) in [6, 6.07) is 13.6. The van der Waals surface area contributed by atoms with E-state index in [2.05, 4.69) is 10.3 Å². The third-order valence-corrected chi connectivity index (χ3v) is 6.74. The highest BCUT2D eigenvalue weighted by Gasteiger charge is 2.27. The fraction of sp³-hybridized carbons (Fsp3) is 0.238. The fourth-order valence-corrected chi connectivity index (χ4v) is 4.75. The van der Waals surface area contributed by atoms with Crippen molar-refractivity contribution in [3.63, 3.8) is 0 Å². The van der Waals surface area contributed by atoms with E-state index < -0.39 is 10.0 Å². The molecule has 0 bridgehead atoms. The Labute approximate surface area is 169 Å². The van der Waals surface area contributed by atoms with Crippen molar-refractivity contribution in [3.05, 3.63) is 65.9 Å². The standard InChI is InChI=1S/C21H21N3O4S/c1-15-5-6-19-18(13-15)20(7-8-22-19)23-21(25)16-3-2-4-17(14-16)29(26,27)24-9-11-28-12-10-24/h2-8,13-14H,9-12H2,1H3,(H,22,23,25). The molecule has 2 heterocycles. The predicted octanol–water partition coefficient (Wildman–Crippen LogP) is 2.82. The number of carbonyl (C=O) groups is 1. The minimum atomic E-state index is -3.67. The van der Waals surface area contributed by atoms with E-state index in [0.29, 0.717) is 32.0 Å². The lowest BCUT2D eigenvalue weighted by molar-refractivity contribution is 0.0730. The van der Waals surface area contributed by atoms with Crippen molar-refractivity contribution >= 4 is 32.5 Å². The van der Waals surface area contributed by atoms with E-state index in [1.807, 2.05) is 25.1 Å². The Balaban J connectivity index is 1.62. The second-order valence-electron chi connectivity index (χ2n) is 6.88. The number of rotatable bonds is 4. The molecular formula is C21H21N3O4S. The van der Waals surface area contributed by atoms with Gasteiger partial charge in [-0.1, -0.05) is 17.7 Å². The van der Waals surface area contributed by atoms with Crippen molar-refractivity contribution in [2.75, 3.05) is 31.6 Å². The van der Waals surface area contributed by atoms with Crippen LogP contribution in [0.2, 0.25) is 0 Å². The number of pyridine rings is 1. The van der Waals surface area contributed by atoms with Gasteiger partial charge in [0.2, 0.25) is 10.0 Å². The summed E-state index contributed by atoms with van der Waals surface area (Å²) in [7, 11) is -3.67. The number of hydrogen-bond acceptors (Lipinski definition) is 5. The van der Waals surface area contributed by atoms with Gasteiger partial charge >= 0.3 is 0 Å². The second kappa shape index (κ2) is 7.90. The van der Waals surface area contributed by atoms with Gasteiger partial charge in [0.15, 0.2) is 0 Å². The monoisotopic (exact) mass is 411 g/mol. The number of nitrogens with zero attached hydrogens (tertiary/aromatic N) is 2. The Bertz CT molecular complexity index is 1170. The van der Waals surface area contributed by atoms with Gasteiger partial charge in [-0.05, 0) is 43.3 Å². The molecule has 0 spiro atoms. The minimum absolute atomic E-state index is 0.0995. The Hall–Kier alpha value is -2.81. The van der Waals surface area contributed by atoms with E-state index in [4.69, 9.17) is 4.74 Å². The minimum Gasteiger partial charge on any atom is -0.379 e. The lowest BCUT2D eigenvalue weighted by Crippen LogP contribution is -2.40. The number of aromatic nitrogens is 1. The van der Waals surface area contributed by atoms with Gasteiger partial charge in [0.05, 0.1) is 29.3 Å². The number of amides is 1. The molecule has 2 aromatic carbocycles. The first-order chi connectivity index (χ1) is 13.9. The van der Waals surface area contributed by atoms with Crippen LogP contribution < -0.4 is 5.32 Å². The number of carbonyl (C=O) groups excluding carboxylic acids is 1. The molecule has 0 aliphatic carbocycles. The summed E-state index contributed by atoms with van der Waals surface area (Å²) in [5, 5.41) is 3.71. The van der Waals surface area contributed by atoms with E-state index in [1.54, 1.807) is 24.4 Å². The van der Waals surface area contributed by atoms with E-state index >= 15 is 0 Å². The van der Waals surface area contributed by atoms with Crippen LogP contribution in [0.3, 0.4) is 0 Å². The number of fused-ring (bicyclic) bond motifs is 1. The quantitative estimate of drug-likeness (QED) is 0.713. The van der Waals surface area contributed by atoms with Gasteiger partial charge in [0, 0.05) is 30.2 Å². The number of benzene rings is 2. The van der Waals surface area contributed by atoms with Gasteiger partial charge in [-0.3, -0.25) is 9.78 Å². The van der Waals surface area contributed by atoms with Crippen LogP contribution in [-0.2, 0) is 14.8 Å². The lowest BCUT2D eigenvalue weighted by Gasteiger charge is -2.26. The molecule has 1 N–H and O–H groups in total. The molecule has 1 fully saturated rings. The maximum Gasteiger partial charge on any atom is 0.255 e. The SMILES string of the molecule is Cc1ccc2nccc(NC(=O)c3cccc(S(=O)(=O)N4CCOCC4)c3)c2c1. The van der Waals surface area contributed by atoms with E-state index in [-0.39, 0.29) is 16.4 Å². The number of hydrogen-bond donors (Lipinski definition) is 1. The van der Waals surface area contributed by atoms with Gasteiger partial charge in [-0.25, -0.2) is 8.42 Å². The molecule has 3 aromatic rings. The van der Waals surface area contributed by atoms with Crippen molar-refractivity contribution in [2.45, 2.75) is 11.8 Å². The Morgan fingerprint density at radius 2 is 1.90 bits per heavy atom. The molecule has 1 amide bonds. The molecule has 4 rings (SSSR count). The predicted molar refractivity (Wildman–Crippen MR) is 110 cm³/mol. The zero-order chi connectivity index (χ0) is 20.4. The van der Waals surface area contributed by atoms with E-state index in [0.717, 1.165) is 16.5 Å². The molecule has 1 aliphatic rings. The first kappa shape index (κ1) is 19.5. The highest BCUT2D eigenvalue weighted by Crippen LogP contribution is 2.24. The molecule has 1 saturated heterocycles. The van der Waals surface area contributed by atoms with Crippen LogP contribution in [-0.4, -0.2) is 49.9 Å². The number of anilines is 1. The zero-order valence-electron chi connectivity index (χ0n) is 16.0. The molecule has 150 valence electrons. The number of morpholine rings is 1. The summed E-state index contributed by atoms with van der Waals surface area (Å²) in [6.45, 7) is 3.32. The molecule has 1 aromatic heterocycles. The van der Waals surface area contributed by atoms with Crippen LogP contribution in [0.4, 0.5) is 5.69 Å². The first-order valence-corrected chi connectivity index (χ1v) is 10.7. The average Bonchev–Trinajstić information content (AvgIpc) is 2.75. The average molecular weight is 411 g/mol. The molecule has 0 atom stereocenters. The maximum absolute atomic E-state index is 12.9. The summed E-state index contributed by atoms with van der Waals surface area (Å²) < 4.78 is 32.3. The van der Waals surface area contributed by atoms with E-state index in [1.165, 1.54) is 16.4 Å². The van der Waals surface area contributed by atoms with Crippen LogP contribution in [0.5, 0.6) is 0 Å². The third-order valence-electron chi connectivity index (χ3n) is 4.85. The Morgan fingerprint density at radius 1 is 1.10 bits per heavy atom. The normalized spacial score (nSPS) is 15.3. The molecule has 1 aliphatic heterocycles. The largest absolute Gasteiger partial charge is 0.379 e. The highest BCUT2D eigenvalue weighted by atomic mass is 32.2. The Kier molecular flexibility index (Phi) is 5.31. The van der Waals surface area contributed by atoms with Gasteiger partial charge < -0.3 is 10.1 Å². The van der Waals surface area contributed by atoms with Crippen molar-refractivity contribution in [2.24, 2.45) is 0 Å². The fourth-order valence-electron chi connectivity index (χ4n) is 3.30. The van der Waals surface area contributed by atoms with Crippen LogP contribution in [0, 0.1) is 6.92 Å².